The summed E-state index contributed by atoms with van der Waals surface area (Å²) < 4.78 is 0. The van der Waals surface area contributed by atoms with E-state index in [0.29, 0.717) is 25.7 Å². The van der Waals surface area contributed by atoms with E-state index in [-0.39, 0.29) is 29.0 Å². The molecule has 1 aromatic carbocycles. The van der Waals surface area contributed by atoms with Crippen molar-refractivity contribution in [2.75, 3.05) is 0 Å². The number of ketones is 1. The van der Waals surface area contributed by atoms with Gasteiger partial charge in [-0.25, -0.2) is 0 Å². The lowest BCUT2D eigenvalue weighted by molar-refractivity contribution is -0.120. The van der Waals surface area contributed by atoms with Crippen LogP contribution >= 0.6 is 0 Å². The van der Waals surface area contributed by atoms with E-state index in [1.54, 1.807) is 18.2 Å². The van der Waals surface area contributed by atoms with Crippen LogP contribution in [0.1, 0.15) is 36.0 Å². The maximum atomic E-state index is 11.9. The zero-order chi connectivity index (χ0) is 12.3. The molecule has 2 rings (SSSR count). The quantitative estimate of drug-likeness (QED) is 0.816. The number of aromatic hydroxyl groups is 1. The lowest BCUT2D eigenvalue weighted by Gasteiger charge is -2.22. The second kappa shape index (κ2) is 4.99. The molecule has 1 saturated carbocycles. The van der Waals surface area contributed by atoms with Crippen molar-refractivity contribution in [2.24, 2.45) is 0 Å². The number of hydrogen-bond acceptors (Lipinski definition) is 3. The van der Waals surface area contributed by atoms with Gasteiger partial charge in [-0.3, -0.25) is 9.59 Å². The first-order chi connectivity index (χ1) is 8.16. The Bertz CT molecular complexity index is 432. The zero-order valence-electron chi connectivity index (χ0n) is 9.48. The SMILES string of the molecule is O=C1CCC(NC(=O)c2ccccc2O)CC1. The molecule has 4 heteroatoms. The van der Waals surface area contributed by atoms with E-state index in [0.717, 1.165) is 0 Å². The standard InChI is InChI=1S/C13H15NO3/c15-10-7-5-9(6-8-10)14-13(17)11-3-1-2-4-12(11)16/h1-4,9,16H,5-8H2,(H,14,17). The number of phenolic OH excluding ortho intramolecular Hbond substituents is 1. The highest BCUT2D eigenvalue weighted by atomic mass is 16.3. The molecule has 0 spiro atoms. The van der Waals surface area contributed by atoms with Crippen molar-refractivity contribution in [3.63, 3.8) is 0 Å². The number of Topliss-reactive ketones (excluding diaryl/α,β-unsaturated/α-hetero) is 1. The summed E-state index contributed by atoms with van der Waals surface area (Å²) in [5.74, 6) is -0.0302. The van der Waals surface area contributed by atoms with E-state index in [2.05, 4.69) is 5.32 Å². The summed E-state index contributed by atoms with van der Waals surface area (Å²) in [6.45, 7) is 0. The van der Waals surface area contributed by atoms with Gasteiger partial charge >= 0.3 is 0 Å². The summed E-state index contributed by atoms with van der Waals surface area (Å²) in [4.78, 5) is 22.9. The van der Waals surface area contributed by atoms with E-state index < -0.39 is 0 Å². The third kappa shape index (κ3) is 2.84. The van der Waals surface area contributed by atoms with Crippen molar-refractivity contribution in [3.05, 3.63) is 29.8 Å². The van der Waals surface area contributed by atoms with Gasteiger partial charge in [0.15, 0.2) is 0 Å². The Morgan fingerprint density at radius 3 is 2.53 bits per heavy atom. The molecule has 0 unspecified atom stereocenters. The van der Waals surface area contributed by atoms with Gasteiger partial charge in [-0.15, -0.1) is 0 Å². The van der Waals surface area contributed by atoms with Gasteiger partial charge in [0.2, 0.25) is 0 Å². The van der Waals surface area contributed by atoms with Crippen molar-refractivity contribution in [2.45, 2.75) is 31.7 Å². The Hall–Kier alpha value is -1.84. The lowest BCUT2D eigenvalue weighted by atomic mass is 9.94. The van der Waals surface area contributed by atoms with E-state index >= 15 is 0 Å². The maximum absolute atomic E-state index is 11.9. The van der Waals surface area contributed by atoms with Gasteiger partial charge in [-0.2, -0.15) is 0 Å². The van der Waals surface area contributed by atoms with Crippen molar-refractivity contribution >= 4 is 11.7 Å². The van der Waals surface area contributed by atoms with Crippen LogP contribution in [0.5, 0.6) is 5.75 Å². The summed E-state index contributed by atoms with van der Waals surface area (Å²) in [6, 6.07) is 6.49. The van der Waals surface area contributed by atoms with Crippen LogP contribution in [0.25, 0.3) is 0 Å². The van der Waals surface area contributed by atoms with E-state index in [9.17, 15) is 14.7 Å². The molecule has 1 aliphatic rings. The molecule has 4 nitrogen and oxygen atoms in total. The smallest absolute Gasteiger partial charge is 0.255 e. The van der Waals surface area contributed by atoms with Crippen LogP contribution in [0.4, 0.5) is 0 Å². The zero-order valence-corrected chi connectivity index (χ0v) is 9.48. The number of hydrogen-bond donors (Lipinski definition) is 2. The highest BCUT2D eigenvalue weighted by molar-refractivity contribution is 5.97. The first kappa shape index (κ1) is 11.6. The largest absolute Gasteiger partial charge is 0.507 e. The average molecular weight is 233 g/mol. The predicted octanol–water partition coefficient (Wildman–Crippen LogP) is 1.63. The summed E-state index contributed by atoms with van der Waals surface area (Å²) in [6.07, 6.45) is 2.45. The molecule has 0 heterocycles. The Labute approximate surface area is 99.6 Å². The summed E-state index contributed by atoms with van der Waals surface area (Å²) in [5, 5.41) is 12.4. The highest BCUT2D eigenvalue weighted by Crippen LogP contribution is 2.18. The second-order valence-corrected chi connectivity index (χ2v) is 4.30. The van der Waals surface area contributed by atoms with Crippen LogP contribution in [-0.2, 0) is 4.79 Å². The minimum absolute atomic E-state index is 0.0168. The van der Waals surface area contributed by atoms with Crippen LogP contribution in [-0.4, -0.2) is 22.8 Å². The minimum atomic E-state index is -0.276. The molecule has 1 fully saturated rings. The van der Waals surface area contributed by atoms with Gasteiger partial charge in [-0.05, 0) is 25.0 Å². The lowest BCUT2D eigenvalue weighted by Crippen LogP contribution is -2.37. The number of carbonyl (C=O) groups excluding carboxylic acids is 2. The number of para-hydroxylation sites is 1. The van der Waals surface area contributed by atoms with Gasteiger partial charge in [0.25, 0.3) is 5.91 Å². The normalized spacial score (nSPS) is 16.8. The molecule has 0 saturated heterocycles. The number of benzene rings is 1. The maximum Gasteiger partial charge on any atom is 0.255 e. The fourth-order valence-corrected chi connectivity index (χ4v) is 2.01. The molecule has 0 radical (unpaired) electrons. The number of carbonyl (C=O) groups is 2. The minimum Gasteiger partial charge on any atom is -0.507 e. The first-order valence-electron chi connectivity index (χ1n) is 5.77. The topological polar surface area (TPSA) is 66.4 Å². The Morgan fingerprint density at radius 2 is 1.88 bits per heavy atom. The molecule has 2 N–H and O–H groups in total. The number of rotatable bonds is 2. The Balaban J connectivity index is 1.98. The van der Waals surface area contributed by atoms with Gasteiger partial charge in [-0.1, -0.05) is 12.1 Å². The highest BCUT2D eigenvalue weighted by Gasteiger charge is 2.21. The summed E-state index contributed by atoms with van der Waals surface area (Å²) >= 11 is 0. The molecule has 17 heavy (non-hydrogen) atoms. The van der Waals surface area contributed by atoms with Gasteiger partial charge in [0, 0.05) is 18.9 Å². The average Bonchev–Trinajstić information content (AvgIpc) is 2.32. The summed E-state index contributed by atoms with van der Waals surface area (Å²) in [5.41, 5.74) is 0.282. The molecular weight excluding hydrogens is 218 g/mol. The fraction of sp³-hybridized carbons (Fsp3) is 0.385. The predicted molar refractivity (Wildman–Crippen MR) is 62.8 cm³/mol. The number of phenols is 1. The van der Waals surface area contributed by atoms with Crippen LogP contribution < -0.4 is 5.32 Å². The Kier molecular flexibility index (Phi) is 3.42. The molecule has 1 aliphatic carbocycles. The molecule has 1 aromatic rings. The molecule has 0 atom stereocenters. The third-order valence-electron chi connectivity index (χ3n) is 3.03. The first-order valence-corrected chi connectivity index (χ1v) is 5.77. The van der Waals surface area contributed by atoms with Gasteiger partial charge < -0.3 is 10.4 Å². The fourth-order valence-electron chi connectivity index (χ4n) is 2.01. The van der Waals surface area contributed by atoms with E-state index in [1.807, 2.05) is 0 Å². The number of amides is 1. The van der Waals surface area contributed by atoms with E-state index in [1.165, 1.54) is 6.07 Å². The van der Waals surface area contributed by atoms with Gasteiger partial charge in [0.1, 0.15) is 11.5 Å². The van der Waals surface area contributed by atoms with Crippen LogP contribution in [0, 0.1) is 0 Å². The van der Waals surface area contributed by atoms with Crippen LogP contribution in [0.2, 0.25) is 0 Å². The molecule has 0 aromatic heterocycles. The second-order valence-electron chi connectivity index (χ2n) is 4.30. The third-order valence-corrected chi connectivity index (χ3v) is 3.03. The monoisotopic (exact) mass is 233 g/mol. The van der Waals surface area contributed by atoms with Crippen molar-refractivity contribution in [1.82, 2.24) is 5.32 Å². The Morgan fingerprint density at radius 1 is 1.24 bits per heavy atom. The summed E-state index contributed by atoms with van der Waals surface area (Å²) in [7, 11) is 0. The van der Waals surface area contributed by atoms with Crippen molar-refractivity contribution < 1.29 is 14.7 Å². The van der Waals surface area contributed by atoms with Crippen molar-refractivity contribution in [1.29, 1.82) is 0 Å². The van der Waals surface area contributed by atoms with Crippen molar-refractivity contribution in [3.8, 4) is 5.75 Å². The van der Waals surface area contributed by atoms with E-state index in [4.69, 9.17) is 0 Å². The molecule has 0 bridgehead atoms. The molecule has 1 amide bonds. The number of nitrogens with one attached hydrogen (secondary N) is 1. The molecule has 90 valence electrons. The molecule has 0 aliphatic heterocycles. The molecular formula is C13H15NO3. The van der Waals surface area contributed by atoms with Crippen LogP contribution in [0.3, 0.4) is 0 Å². The van der Waals surface area contributed by atoms with Gasteiger partial charge in [0.05, 0.1) is 5.56 Å². The van der Waals surface area contributed by atoms with Crippen LogP contribution in [0.15, 0.2) is 24.3 Å².